The third kappa shape index (κ3) is 8.21. The van der Waals surface area contributed by atoms with Crippen LogP contribution < -0.4 is 14.8 Å². The second kappa shape index (κ2) is 12.4. The molecule has 1 aromatic heterocycles. The Kier molecular flexibility index (Phi) is 9.20. The van der Waals surface area contributed by atoms with Gasteiger partial charge in [0.05, 0.1) is 23.1 Å². The zero-order valence-electron chi connectivity index (χ0n) is 20.6. The lowest BCUT2D eigenvalue weighted by molar-refractivity contribution is -0.153. The Balaban J connectivity index is 1.45. The van der Waals surface area contributed by atoms with Gasteiger partial charge in [-0.2, -0.15) is 27.1 Å². The van der Waals surface area contributed by atoms with Crippen molar-refractivity contribution in [3.05, 3.63) is 46.8 Å². The number of fused-ring (bicyclic) bond motifs is 1. The highest BCUT2D eigenvalue weighted by Gasteiger charge is 2.36. The van der Waals surface area contributed by atoms with Gasteiger partial charge in [-0.3, -0.25) is 19.0 Å². The molecule has 15 heteroatoms. The minimum absolute atomic E-state index is 0.0151. The first-order chi connectivity index (χ1) is 18.5. The lowest BCUT2D eigenvalue weighted by atomic mass is 9.95. The van der Waals surface area contributed by atoms with Crippen LogP contribution in [0.2, 0.25) is 0 Å². The Morgan fingerprint density at radius 2 is 2.05 bits per heavy atom. The van der Waals surface area contributed by atoms with Crippen LogP contribution in [-0.2, 0) is 35.1 Å². The van der Waals surface area contributed by atoms with Gasteiger partial charge in [0.25, 0.3) is 11.8 Å². The number of nitrogens with one attached hydrogen (secondary N) is 2. The van der Waals surface area contributed by atoms with E-state index in [0.29, 0.717) is 24.1 Å². The fourth-order valence-corrected chi connectivity index (χ4v) is 5.20. The molecule has 2 amide bonds. The SMILES string of the molecule is O=C1NC(CCc2cccc(OCC(F)(F)F)c2)Cc2nn(CCCOC(F)F)c(C(=O)NS(=O)C3CC3)c21. The molecule has 2 aliphatic rings. The van der Waals surface area contributed by atoms with Gasteiger partial charge in [0.2, 0.25) is 0 Å². The smallest absolute Gasteiger partial charge is 0.422 e. The van der Waals surface area contributed by atoms with E-state index in [1.807, 2.05) is 0 Å². The Morgan fingerprint density at radius 1 is 1.28 bits per heavy atom. The van der Waals surface area contributed by atoms with Crippen molar-refractivity contribution in [2.75, 3.05) is 13.2 Å². The number of rotatable bonds is 13. The van der Waals surface area contributed by atoms with Crippen molar-refractivity contribution < 1.29 is 45.2 Å². The van der Waals surface area contributed by atoms with Crippen molar-refractivity contribution in [2.45, 2.75) is 69.1 Å². The minimum Gasteiger partial charge on any atom is -0.484 e. The quantitative estimate of drug-likeness (QED) is 0.279. The number of amides is 2. The summed E-state index contributed by atoms with van der Waals surface area (Å²) in [5.41, 5.74) is 0.987. The van der Waals surface area contributed by atoms with Gasteiger partial charge >= 0.3 is 12.8 Å². The highest BCUT2D eigenvalue weighted by atomic mass is 32.2. The van der Waals surface area contributed by atoms with Crippen molar-refractivity contribution in [1.29, 1.82) is 0 Å². The van der Waals surface area contributed by atoms with Crippen molar-refractivity contribution in [3.8, 4) is 5.75 Å². The van der Waals surface area contributed by atoms with Gasteiger partial charge in [-0.15, -0.1) is 0 Å². The molecule has 1 aromatic carbocycles. The number of aryl methyl sites for hydroxylation is 2. The van der Waals surface area contributed by atoms with Crippen LogP contribution in [0.15, 0.2) is 24.3 Å². The first-order valence-electron chi connectivity index (χ1n) is 12.3. The molecule has 2 heterocycles. The van der Waals surface area contributed by atoms with Gasteiger partial charge in [0.1, 0.15) is 22.4 Å². The van der Waals surface area contributed by atoms with Gasteiger partial charge in [0, 0.05) is 19.0 Å². The molecular weight excluding hydrogens is 551 g/mol. The van der Waals surface area contributed by atoms with E-state index in [1.165, 1.54) is 16.8 Å². The van der Waals surface area contributed by atoms with E-state index in [1.54, 1.807) is 12.1 Å². The van der Waals surface area contributed by atoms with E-state index < -0.39 is 42.2 Å². The van der Waals surface area contributed by atoms with Crippen molar-refractivity contribution in [3.63, 3.8) is 0 Å². The average Bonchev–Trinajstić information content (AvgIpc) is 3.65. The zero-order valence-corrected chi connectivity index (χ0v) is 21.5. The summed E-state index contributed by atoms with van der Waals surface area (Å²) in [6.45, 7) is -4.62. The van der Waals surface area contributed by atoms with Crippen LogP contribution in [0.4, 0.5) is 22.0 Å². The molecule has 39 heavy (non-hydrogen) atoms. The van der Waals surface area contributed by atoms with E-state index in [-0.39, 0.29) is 54.3 Å². The van der Waals surface area contributed by atoms with E-state index in [2.05, 4.69) is 19.9 Å². The fourth-order valence-electron chi connectivity index (χ4n) is 4.19. The van der Waals surface area contributed by atoms with E-state index in [0.717, 1.165) is 12.8 Å². The summed E-state index contributed by atoms with van der Waals surface area (Å²) in [5, 5.41) is 7.09. The van der Waals surface area contributed by atoms with Crippen LogP contribution in [-0.4, -0.2) is 63.1 Å². The predicted molar refractivity (Wildman–Crippen MR) is 129 cm³/mol. The molecule has 1 aliphatic heterocycles. The average molecular weight is 579 g/mol. The number of hydrogen-bond acceptors (Lipinski definition) is 6. The van der Waals surface area contributed by atoms with Crippen LogP contribution >= 0.6 is 0 Å². The number of hydrogen-bond donors (Lipinski definition) is 2. The lowest BCUT2D eigenvalue weighted by Crippen LogP contribution is -2.42. The molecule has 2 aromatic rings. The maximum Gasteiger partial charge on any atom is 0.422 e. The van der Waals surface area contributed by atoms with Crippen LogP contribution in [0.1, 0.15) is 57.8 Å². The molecule has 0 bridgehead atoms. The molecular formula is C24H27F5N4O5S. The Hall–Kier alpha value is -3.07. The summed E-state index contributed by atoms with van der Waals surface area (Å²) < 4.78 is 87.0. The maximum absolute atomic E-state index is 13.1. The van der Waals surface area contributed by atoms with Gasteiger partial charge < -0.3 is 14.8 Å². The molecule has 2 atom stereocenters. The number of alkyl halides is 5. The highest BCUT2D eigenvalue weighted by molar-refractivity contribution is 7.84. The predicted octanol–water partition coefficient (Wildman–Crippen LogP) is 3.30. The van der Waals surface area contributed by atoms with Crippen molar-refractivity contribution >= 4 is 22.8 Å². The second-order valence-corrected chi connectivity index (χ2v) is 10.7. The number of carbonyl (C=O) groups excluding carboxylic acids is 2. The number of aromatic nitrogens is 2. The highest BCUT2D eigenvalue weighted by Crippen LogP contribution is 2.27. The molecule has 1 saturated carbocycles. The minimum atomic E-state index is -4.46. The summed E-state index contributed by atoms with van der Waals surface area (Å²) in [4.78, 5) is 26.0. The monoisotopic (exact) mass is 578 g/mol. The van der Waals surface area contributed by atoms with E-state index >= 15 is 0 Å². The first-order valence-corrected chi connectivity index (χ1v) is 13.5. The third-order valence-corrected chi connectivity index (χ3v) is 7.57. The fraction of sp³-hybridized carbons (Fsp3) is 0.542. The molecule has 0 spiro atoms. The Labute approximate surface area is 223 Å². The normalized spacial score (nSPS) is 18.0. The second-order valence-electron chi connectivity index (χ2n) is 9.27. The number of carbonyl (C=O) groups is 2. The van der Waals surface area contributed by atoms with Gasteiger partial charge in [-0.25, -0.2) is 4.21 Å². The molecule has 1 aliphatic carbocycles. The molecule has 4 rings (SSSR count). The molecule has 2 N–H and O–H groups in total. The van der Waals surface area contributed by atoms with Crippen molar-refractivity contribution in [1.82, 2.24) is 19.8 Å². The summed E-state index contributed by atoms with van der Waals surface area (Å²) in [6.07, 6.45) is -1.82. The van der Waals surface area contributed by atoms with Gasteiger partial charge in [0.15, 0.2) is 6.61 Å². The molecule has 2 unspecified atom stereocenters. The van der Waals surface area contributed by atoms with Crippen LogP contribution in [0, 0.1) is 0 Å². The Morgan fingerprint density at radius 3 is 2.74 bits per heavy atom. The van der Waals surface area contributed by atoms with Crippen LogP contribution in [0.3, 0.4) is 0 Å². The third-order valence-electron chi connectivity index (χ3n) is 6.10. The molecule has 0 saturated heterocycles. The van der Waals surface area contributed by atoms with Gasteiger partial charge in [-0.05, 0) is 49.8 Å². The molecule has 9 nitrogen and oxygen atoms in total. The van der Waals surface area contributed by atoms with Crippen LogP contribution in [0.25, 0.3) is 0 Å². The Bertz CT molecular complexity index is 1220. The lowest BCUT2D eigenvalue weighted by Gasteiger charge is -2.23. The van der Waals surface area contributed by atoms with E-state index in [4.69, 9.17) is 4.74 Å². The topological polar surface area (TPSA) is 112 Å². The standard InChI is InChI=1S/C24H27F5N4O5S/c25-23(26)37-10-2-9-33-20(22(35)32-39(36)17-7-8-17)19-18(31-33)12-15(30-21(19)34)6-5-14-3-1-4-16(11-14)38-13-24(27,28)29/h1,3-4,11,15,17,23H,2,5-10,12-13H2,(H,30,34)(H,32,35). The number of halogens is 5. The van der Waals surface area contributed by atoms with E-state index in [9.17, 15) is 35.8 Å². The summed E-state index contributed by atoms with van der Waals surface area (Å²) in [5.74, 6) is -1.22. The number of nitrogens with zero attached hydrogens (tertiary/aromatic N) is 2. The zero-order chi connectivity index (χ0) is 28.2. The van der Waals surface area contributed by atoms with Gasteiger partial charge in [-0.1, -0.05) is 12.1 Å². The summed E-state index contributed by atoms with van der Waals surface area (Å²) in [7, 11) is -1.62. The molecule has 1 fully saturated rings. The molecule has 214 valence electrons. The summed E-state index contributed by atoms with van der Waals surface area (Å²) in [6, 6.07) is 5.85. The number of ether oxygens (including phenoxy) is 2. The first kappa shape index (κ1) is 28.9. The maximum atomic E-state index is 13.1. The van der Waals surface area contributed by atoms with Crippen LogP contribution in [0.5, 0.6) is 5.75 Å². The van der Waals surface area contributed by atoms with Crippen molar-refractivity contribution in [2.24, 2.45) is 0 Å². The largest absolute Gasteiger partial charge is 0.484 e. The summed E-state index contributed by atoms with van der Waals surface area (Å²) >= 11 is 0. The number of benzene rings is 1. The molecule has 0 radical (unpaired) electrons.